The van der Waals surface area contributed by atoms with Crippen LogP contribution in [0.1, 0.15) is 33.1 Å². The molecule has 0 aliphatic carbocycles. The van der Waals surface area contributed by atoms with Gasteiger partial charge in [0.15, 0.2) is 0 Å². The molecule has 1 aliphatic heterocycles. The van der Waals surface area contributed by atoms with Crippen LogP contribution < -0.4 is 0 Å². The molecule has 0 saturated carbocycles. The van der Waals surface area contributed by atoms with Crippen LogP contribution in [0.3, 0.4) is 0 Å². The minimum absolute atomic E-state index is 0.353. The molecule has 66 valence electrons. The van der Waals surface area contributed by atoms with E-state index in [0.717, 1.165) is 25.9 Å². The second-order valence-corrected chi connectivity index (χ2v) is 4.72. The number of alkyl halides is 2. The molecule has 1 atom stereocenters. The molecule has 0 aromatic rings. The van der Waals surface area contributed by atoms with Crippen LogP contribution in [0.15, 0.2) is 0 Å². The molecule has 0 amide bonds. The molecule has 0 N–H and O–H groups in total. The summed E-state index contributed by atoms with van der Waals surface area (Å²) in [7, 11) is 0. The predicted molar refractivity (Wildman–Crippen MR) is 48.3 cm³/mol. The van der Waals surface area contributed by atoms with Crippen LogP contribution in [0.2, 0.25) is 0 Å². The fourth-order valence-corrected chi connectivity index (χ4v) is 1.97. The van der Waals surface area contributed by atoms with Gasteiger partial charge in [-0.3, -0.25) is 0 Å². The van der Waals surface area contributed by atoms with Crippen molar-refractivity contribution in [2.45, 2.75) is 43.0 Å². The van der Waals surface area contributed by atoms with Crippen molar-refractivity contribution in [2.75, 3.05) is 6.61 Å². The van der Waals surface area contributed by atoms with Gasteiger partial charge in [-0.05, 0) is 26.2 Å². The Morgan fingerprint density at radius 1 is 1.45 bits per heavy atom. The molecule has 1 unspecified atom stereocenters. The number of hydrogen-bond acceptors (Lipinski definition) is 1. The van der Waals surface area contributed by atoms with Crippen LogP contribution in [0.5, 0.6) is 0 Å². The highest BCUT2D eigenvalue weighted by Gasteiger charge is 2.47. The van der Waals surface area contributed by atoms with Gasteiger partial charge in [0.1, 0.15) is 4.33 Å². The van der Waals surface area contributed by atoms with Crippen LogP contribution in [-0.4, -0.2) is 16.5 Å². The zero-order valence-corrected chi connectivity index (χ0v) is 8.50. The highest BCUT2D eigenvalue weighted by Crippen LogP contribution is 2.45. The van der Waals surface area contributed by atoms with Crippen molar-refractivity contribution in [1.29, 1.82) is 0 Å². The molecule has 3 heteroatoms. The SMILES string of the molecule is CCC1(C)OCCCC1(Cl)Cl. The first-order chi connectivity index (χ1) is 5.02. The largest absolute Gasteiger partial charge is 0.372 e. The van der Waals surface area contributed by atoms with Crippen LogP contribution in [0.25, 0.3) is 0 Å². The predicted octanol–water partition coefficient (Wildman–Crippen LogP) is 3.14. The van der Waals surface area contributed by atoms with E-state index >= 15 is 0 Å². The van der Waals surface area contributed by atoms with Crippen molar-refractivity contribution < 1.29 is 4.74 Å². The van der Waals surface area contributed by atoms with Crippen molar-refractivity contribution in [3.63, 3.8) is 0 Å². The molecule has 1 fully saturated rings. The van der Waals surface area contributed by atoms with E-state index in [2.05, 4.69) is 0 Å². The van der Waals surface area contributed by atoms with Gasteiger partial charge in [-0.15, -0.1) is 0 Å². The summed E-state index contributed by atoms with van der Waals surface area (Å²) in [6.07, 6.45) is 2.66. The lowest BCUT2D eigenvalue weighted by Crippen LogP contribution is -2.49. The maximum absolute atomic E-state index is 6.12. The molecule has 1 nitrogen and oxygen atoms in total. The first-order valence-electron chi connectivity index (χ1n) is 4.03. The third-order valence-corrected chi connectivity index (χ3v) is 3.68. The summed E-state index contributed by atoms with van der Waals surface area (Å²) in [5.41, 5.74) is -0.353. The molecule has 11 heavy (non-hydrogen) atoms. The quantitative estimate of drug-likeness (QED) is 0.586. The Kier molecular flexibility index (Phi) is 2.73. The summed E-state index contributed by atoms with van der Waals surface area (Å²) in [6, 6.07) is 0. The normalized spacial score (nSPS) is 37.1. The van der Waals surface area contributed by atoms with Gasteiger partial charge in [0.25, 0.3) is 0 Å². The average Bonchev–Trinajstić information content (AvgIpc) is 1.95. The molecule has 1 heterocycles. The van der Waals surface area contributed by atoms with E-state index in [9.17, 15) is 0 Å². The summed E-state index contributed by atoms with van der Waals surface area (Å²) >= 11 is 12.2. The van der Waals surface area contributed by atoms with Crippen LogP contribution in [-0.2, 0) is 4.74 Å². The minimum atomic E-state index is -0.694. The van der Waals surface area contributed by atoms with Crippen molar-refractivity contribution in [3.05, 3.63) is 0 Å². The Labute approximate surface area is 78.0 Å². The van der Waals surface area contributed by atoms with Crippen LogP contribution >= 0.6 is 23.2 Å². The highest BCUT2D eigenvalue weighted by molar-refractivity contribution is 6.49. The lowest BCUT2D eigenvalue weighted by atomic mass is 9.92. The average molecular weight is 197 g/mol. The molecular weight excluding hydrogens is 183 g/mol. The summed E-state index contributed by atoms with van der Waals surface area (Å²) in [6.45, 7) is 4.81. The van der Waals surface area contributed by atoms with Gasteiger partial charge < -0.3 is 4.74 Å². The van der Waals surface area contributed by atoms with Crippen molar-refractivity contribution in [3.8, 4) is 0 Å². The lowest BCUT2D eigenvalue weighted by molar-refractivity contribution is -0.0742. The number of rotatable bonds is 1. The summed E-state index contributed by atoms with van der Waals surface area (Å²) < 4.78 is 4.87. The fourth-order valence-electron chi connectivity index (χ4n) is 1.32. The number of ether oxygens (including phenoxy) is 1. The van der Waals surface area contributed by atoms with E-state index in [1.165, 1.54) is 0 Å². The Morgan fingerprint density at radius 3 is 2.45 bits per heavy atom. The Hall–Kier alpha value is 0.540. The fraction of sp³-hybridized carbons (Fsp3) is 1.00. The maximum Gasteiger partial charge on any atom is 0.146 e. The third-order valence-electron chi connectivity index (χ3n) is 2.50. The first-order valence-corrected chi connectivity index (χ1v) is 4.79. The van der Waals surface area contributed by atoms with Gasteiger partial charge >= 0.3 is 0 Å². The molecule has 0 radical (unpaired) electrons. The number of halogens is 2. The zero-order valence-electron chi connectivity index (χ0n) is 6.99. The van der Waals surface area contributed by atoms with E-state index in [1.54, 1.807) is 0 Å². The lowest BCUT2D eigenvalue weighted by Gasteiger charge is -2.43. The van der Waals surface area contributed by atoms with E-state index in [-0.39, 0.29) is 5.60 Å². The summed E-state index contributed by atoms with van der Waals surface area (Å²) in [5, 5.41) is 0. The van der Waals surface area contributed by atoms with Gasteiger partial charge in [-0.25, -0.2) is 0 Å². The number of hydrogen-bond donors (Lipinski definition) is 0. The molecule has 1 aliphatic rings. The monoisotopic (exact) mass is 196 g/mol. The van der Waals surface area contributed by atoms with E-state index in [4.69, 9.17) is 27.9 Å². The Morgan fingerprint density at radius 2 is 2.09 bits per heavy atom. The van der Waals surface area contributed by atoms with Crippen molar-refractivity contribution in [1.82, 2.24) is 0 Å². The highest BCUT2D eigenvalue weighted by atomic mass is 35.5. The van der Waals surface area contributed by atoms with E-state index in [0.29, 0.717) is 0 Å². The Balaban J connectivity index is 2.74. The van der Waals surface area contributed by atoms with Crippen molar-refractivity contribution in [2.24, 2.45) is 0 Å². The molecule has 0 aromatic carbocycles. The minimum Gasteiger partial charge on any atom is -0.372 e. The Bertz CT molecular complexity index is 147. The standard InChI is InChI=1S/C8H14Cl2O/c1-3-7(2)8(9,10)5-4-6-11-7/h3-6H2,1-2H3. The molecule has 0 spiro atoms. The van der Waals surface area contributed by atoms with Crippen molar-refractivity contribution >= 4 is 23.2 Å². The third kappa shape index (κ3) is 1.66. The molecular formula is C8H14Cl2O. The second kappa shape index (κ2) is 3.12. The van der Waals surface area contributed by atoms with E-state index < -0.39 is 4.33 Å². The van der Waals surface area contributed by atoms with E-state index in [1.807, 2.05) is 13.8 Å². The maximum atomic E-state index is 6.12. The molecule has 1 saturated heterocycles. The molecule has 0 aromatic heterocycles. The van der Waals surface area contributed by atoms with Gasteiger partial charge in [0, 0.05) is 6.61 Å². The second-order valence-electron chi connectivity index (χ2n) is 3.24. The smallest absolute Gasteiger partial charge is 0.146 e. The molecule has 1 rings (SSSR count). The van der Waals surface area contributed by atoms with Crippen LogP contribution in [0.4, 0.5) is 0 Å². The molecule has 0 bridgehead atoms. The first kappa shape index (κ1) is 9.63. The van der Waals surface area contributed by atoms with Gasteiger partial charge in [-0.1, -0.05) is 30.1 Å². The van der Waals surface area contributed by atoms with Crippen LogP contribution in [0, 0.1) is 0 Å². The topological polar surface area (TPSA) is 9.23 Å². The zero-order chi connectivity index (χ0) is 8.54. The van der Waals surface area contributed by atoms with Gasteiger partial charge in [0.05, 0.1) is 5.60 Å². The summed E-state index contributed by atoms with van der Waals surface area (Å²) in [4.78, 5) is 0. The van der Waals surface area contributed by atoms with Gasteiger partial charge in [0.2, 0.25) is 0 Å². The summed E-state index contributed by atoms with van der Waals surface area (Å²) in [5.74, 6) is 0. The van der Waals surface area contributed by atoms with Gasteiger partial charge in [-0.2, -0.15) is 0 Å².